The van der Waals surface area contributed by atoms with E-state index < -0.39 is 0 Å². The number of rotatable bonds is 1. The second kappa shape index (κ2) is 2.58. The Balaban J connectivity index is 2.74. The molecule has 4 heteroatoms. The number of hydrogen-bond acceptors (Lipinski definition) is 2. The fraction of sp³-hybridized carbons (Fsp3) is 0.111. The fourth-order valence-electron chi connectivity index (χ4n) is 1.25. The van der Waals surface area contributed by atoms with Crippen molar-refractivity contribution in [1.82, 2.24) is 9.97 Å². The lowest BCUT2D eigenvalue weighted by molar-refractivity contribution is 0.101. The van der Waals surface area contributed by atoms with Crippen molar-refractivity contribution in [2.45, 2.75) is 6.92 Å². The van der Waals surface area contributed by atoms with Gasteiger partial charge in [0.1, 0.15) is 0 Å². The van der Waals surface area contributed by atoms with Crippen LogP contribution in [0.3, 0.4) is 0 Å². The van der Waals surface area contributed by atoms with Crippen LogP contribution in [0, 0.1) is 0 Å². The monoisotopic (exact) mass is 176 g/mol. The number of fused-ring (bicyclic) bond motifs is 1. The highest BCUT2D eigenvalue weighted by atomic mass is 16.1. The predicted molar refractivity (Wildman–Crippen MR) is 48.9 cm³/mol. The first-order valence-electron chi connectivity index (χ1n) is 3.90. The van der Waals surface area contributed by atoms with Crippen LogP contribution in [0.1, 0.15) is 17.3 Å². The van der Waals surface area contributed by atoms with E-state index in [2.05, 4.69) is 9.97 Å². The summed E-state index contributed by atoms with van der Waals surface area (Å²) in [6.07, 6.45) is 0. The van der Waals surface area contributed by atoms with E-state index in [1.54, 1.807) is 18.2 Å². The number of imidazole rings is 1. The van der Waals surface area contributed by atoms with E-state index in [-0.39, 0.29) is 11.5 Å². The van der Waals surface area contributed by atoms with Gasteiger partial charge in [-0.25, -0.2) is 4.79 Å². The minimum Gasteiger partial charge on any atom is -0.306 e. The predicted octanol–water partition coefficient (Wildman–Crippen LogP) is 1.06. The normalized spacial score (nSPS) is 10.5. The maximum Gasteiger partial charge on any atom is 0.323 e. The number of carbonyl (C=O) groups excluding carboxylic acids is 1. The SMILES string of the molecule is CC(=O)c1ccc2[nH]c(=O)[nH]c2c1. The summed E-state index contributed by atoms with van der Waals surface area (Å²) in [5, 5.41) is 0. The number of nitrogens with one attached hydrogen (secondary N) is 2. The van der Waals surface area contributed by atoms with Gasteiger partial charge in [-0.3, -0.25) is 4.79 Å². The first-order valence-corrected chi connectivity index (χ1v) is 3.90. The Kier molecular flexibility index (Phi) is 1.55. The molecule has 13 heavy (non-hydrogen) atoms. The Hall–Kier alpha value is -1.84. The number of H-pyrrole nitrogens is 2. The van der Waals surface area contributed by atoms with Crippen molar-refractivity contribution < 1.29 is 4.79 Å². The zero-order chi connectivity index (χ0) is 9.42. The maximum atomic E-state index is 11.0. The van der Waals surface area contributed by atoms with Crippen LogP contribution in [-0.2, 0) is 0 Å². The zero-order valence-electron chi connectivity index (χ0n) is 7.05. The smallest absolute Gasteiger partial charge is 0.306 e. The molecule has 0 saturated carbocycles. The quantitative estimate of drug-likeness (QED) is 0.638. The summed E-state index contributed by atoms with van der Waals surface area (Å²) < 4.78 is 0. The largest absolute Gasteiger partial charge is 0.323 e. The highest BCUT2D eigenvalue weighted by Crippen LogP contribution is 2.10. The minimum atomic E-state index is -0.254. The molecule has 0 spiro atoms. The molecule has 0 unspecified atom stereocenters. The molecule has 0 aliphatic carbocycles. The molecule has 1 aromatic heterocycles. The van der Waals surface area contributed by atoms with E-state index in [0.717, 1.165) is 5.52 Å². The summed E-state index contributed by atoms with van der Waals surface area (Å²) in [4.78, 5) is 27.1. The van der Waals surface area contributed by atoms with E-state index in [1.165, 1.54) is 6.92 Å². The average Bonchev–Trinajstić information content (AvgIpc) is 2.42. The van der Waals surface area contributed by atoms with E-state index in [1.807, 2.05) is 0 Å². The van der Waals surface area contributed by atoms with Crippen molar-refractivity contribution in [3.63, 3.8) is 0 Å². The lowest BCUT2D eigenvalue weighted by Crippen LogP contribution is -1.99. The van der Waals surface area contributed by atoms with Gasteiger partial charge in [0.2, 0.25) is 0 Å². The van der Waals surface area contributed by atoms with Gasteiger partial charge in [0.25, 0.3) is 0 Å². The molecule has 0 atom stereocenters. The first kappa shape index (κ1) is 7.79. The summed E-state index contributed by atoms with van der Waals surface area (Å²) in [6.45, 7) is 1.49. The van der Waals surface area contributed by atoms with Crippen molar-refractivity contribution in [3.05, 3.63) is 34.2 Å². The molecule has 2 aromatic rings. The summed E-state index contributed by atoms with van der Waals surface area (Å²) in [7, 11) is 0. The molecule has 0 aliphatic heterocycles. The third-order valence-corrected chi connectivity index (χ3v) is 1.92. The Morgan fingerprint density at radius 3 is 2.62 bits per heavy atom. The molecule has 66 valence electrons. The molecule has 2 N–H and O–H groups in total. The Morgan fingerprint density at radius 1 is 1.23 bits per heavy atom. The fourth-order valence-corrected chi connectivity index (χ4v) is 1.25. The Labute approximate surface area is 73.6 Å². The zero-order valence-corrected chi connectivity index (χ0v) is 7.05. The second-order valence-electron chi connectivity index (χ2n) is 2.90. The van der Waals surface area contributed by atoms with Crippen molar-refractivity contribution in [3.8, 4) is 0 Å². The van der Waals surface area contributed by atoms with Crippen molar-refractivity contribution in [2.75, 3.05) is 0 Å². The van der Waals surface area contributed by atoms with Crippen LogP contribution in [0.2, 0.25) is 0 Å². The summed E-state index contributed by atoms with van der Waals surface area (Å²) in [5.41, 5.74) is 1.73. The topological polar surface area (TPSA) is 65.7 Å². The van der Waals surface area contributed by atoms with Crippen LogP contribution in [0.15, 0.2) is 23.0 Å². The molecule has 0 saturated heterocycles. The van der Waals surface area contributed by atoms with E-state index in [4.69, 9.17) is 0 Å². The molecular weight excluding hydrogens is 168 g/mol. The van der Waals surface area contributed by atoms with Gasteiger partial charge in [-0.05, 0) is 25.1 Å². The summed E-state index contributed by atoms with van der Waals surface area (Å²) >= 11 is 0. The van der Waals surface area contributed by atoms with Crippen LogP contribution in [0.25, 0.3) is 11.0 Å². The standard InChI is InChI=1S/C9H8N2O2/c1-5(12)6-2-3-7-8(4-6)11-9(13)10-7/h2-4H,1H3,(H2,10,11,13). The Morgan fingerprint density at radius 2 is 1.92 bits per heavy atom. The van der Waals surface area contributed by atoms with Crippen LogP contribution in [0.4, 0.5) is 0 Å². The summed E-state index contributed by atoms with van der Waals surface area (Å²) in [6, 6.07) is 5.06. The number of hydrogen-bond donors (Lipinski definition) is 2. The van der Waals surface area contributed by atoms with Gasteiger partial charge in [0.05, 0.1) is 11.0 Å². The van der Waals surface area contributed by atoms with Crippen LogP contribution in [-0.4, -0.2) is 15.8 Å². The van der Waals surface area contributed by atoms with Crippen LogP contribution in [0.5, 0.6) is 0 Å². The number of aromatic nitrogens is 2. The van der Waals surface area contributed by atoms with Gasteiger partial charge in [-0.15, -0.1) is 0 Å². The van der Waals surface area contributed by atoms with Crippen molar-refractivity contribution >= 4 is 16.8 Å². The number of benzene rings is 1. The van der Waals surface area contributed by atoms with Gasteiger partial charge in [-0.1, -0.05) is 0 Å². The molecule has 0 fully saturated rings. The van der Waals surface area contributed by atoms with Gasteiger partial charge < -0.3 is 9.97 Å². The average molecular weight is 176 g/mol. The molecule has 0 aliphatic rings. The lowest BCUT2D eigenvalue weighted by atomic mass is 10.1. The highest BCUT2D eigenvalue weighted by molar-refractivity contribution is 5.97. The van der Waals surface area contributed by atoms with Crippen molar-refractivity contribution in [1.29, 1.82) is 0 Å². The molecular formula is C9H8N2O2. The number of ketones is 1. The van der Waals surface area contributed by atoms with Gasteiger partial charge in [0.15, 0.2) is 5.78 Å². The first-order chi connectivity index (χ1) is 6.16. The third-order valence-electron chi connectivity index (χ3n) is 1.92. The number of Topliss-reactive ketones (excluding diaryl/α,β-unsaturated/α-hetero) is 1. The summed E-state index contributed by atoms with van der Waals surface area (Å²) in [5.74, 6) is -0.0102. The molecule has 0 radical (unpaired) electrons. The second-order valence-corrected chi connectivity index (χ2v) is 2.90. The molecule has 0 bridgehead atoms. The molecule has 1 heterocycles. The minimum absolute atomic E-state index is 0.0102. The van der Waals surface area contributed by atoms with E-state index in [9.17, 15) is 9.59 Å². The molecule has 2 rings (SSSR count). The Bertz CT molecular complexity index is 522. The number of aromatic amines is 2. The van der Waals surface area contributed by atoms with Gasteiger partial charge >= 0.3 is 5.69 Å². The molecule has 1 aromatic carbocycles. The van der Waals surface area contributed by atoms with Gasteiger partial charge in [0, 0.05) is 5.56 Å². The molecule has 0 amide bonds. The third kappa shape index (κ3) is 1.26. The van der Waals surface area contributed by atoms with Crippen molar-refractivity contribution in [2.24, 2.45) is 0 Å². The lowest BCUT2D eigenvalue weighted by Gasteiger charge is -1.93. The highest BCUT2D eigenvalue weighted by Gasteiger charge is 2.02. The van der Waals surface area contributed by atoms with Crippen LogP contribution >= 0.6 is 0 Å². The van der Waals surface area contributed by atoms with E-state index >= 15 is 0 Å². The van der Waals surface area contributed by atoms with E-state index in [0.29, 0.717) is 11.1 Å². The molecule has 4 nitrogen and oxygen atoms in total. The van der Waals surface area contributed by atoms with Crippen LogP contribution < -0.4 is 5.69 Å². The number of carbonyl (C=O) groups is 1. The maximum absolute atomic E-state index is 11.0. The van der Waals surface area contributed by atoms with Gasteiger partial charge in [-0.2, -0.15) is 0 Å².